The van der Waals surface area contributed by atoms with Crippen molar-refractivity contribution in [1.82, 2.24) is 10.3 Å². The minimum Gasteiger partial charge on any atom is -0.350 e. The summed E-state index contributed by atoms with van der Waals surface area (Å²) in [5.41, 5.74) is 1.88. The highest BCUT2D eigenvalue weighted by molar-refractivity contribution is 6.30. The van der Waals surface area contributed by atoms with Gasteiger partial charge in [-0.2, -0.15) is 0 Å². The average molecular weight is 398 g/mol. The number of hydrogen-bond acceptors (Lipinski definition) is 3. The molecular formula is C21H17ClFN3O2. The van der Waals surface area contributed by atoms with Gasteiger partial charge < -0.3 is 10.6 Å². The molecule has 5 nitrogen and oxygen atoms in total. The van der Waals surface area contributed by atoms with Gasteiger partial charge in [-0.25, -0.2) is 4.39 Å². The summed E-state index contributed by atoms with van der Waals surface area (Å²) in [6.45, 7) is 0.410. The molecule has 2 N–H and O–H groups in total. The fourth-order valence-corrected chi connectivity index (χ4v) is 2.75. The van der Waals surface area contributed by atoms with Crippen molar-refractivity contribution in [2.75, 3.05) is 11.9 Å². The Balaban J connectivity index is 1.59. The van der Waals surface area contributed by atoms with E-state index < -0.39 is 11.7 Å². The summed E-state index contributed by atoms with van der Waals surface area (Å²) < 4.78 is 12.9. The van der Waals surface area contributed by atoms with Gasteiger partial charge in [0.1, 0.15) is 11.5 Å². The van der Waals surface area contributed by atoms with E-state index in [0.29, 0.717) is 23.7 Å². The highest BCUT2D eigenvalue weighted by atomic mass is 35.5. The number of benzene rings is 2. The highest BCUT2D eigenvalue weighted by Gasteiger charge is 2.12. The molecule has 0 spiro atoms. The standard InChI is InChI=1S/C21H17ClFN3O2/c22-16-3-1-2-14(12-16)8-10-25-21(28)19-13-15(9-11-24-19)20(27)26-18-6-4-17(23)5-7-18/h1-7,9,11-13H,8,10H2,(H,25,28)(H,26,27). The maximum absolute atomic E-state index is 12.9. The maximum Gasteiger partial charge on any atom is 0.269 e. The Morgan fingerprint density at radius 2 is 1.79 bits per heavy atom. The van der Waals surface area contributed by atoms with E-state index in [4.69, 9.17) is 11.6 Å². The molecule has 0 atom stereocenters. The minimum atomic E-state index is -0.415. The Bertz CT molecular complexity index is 993. The third-order valence-corrected chi connectivity index (χ3v) is 4.18. The molecule has 0 aliphatic rings. The first-order valence-corrected chi connectivity index (χ1v) is 8.95. The van der Waals surface area contributed by atoms with Crippen molar-refractivity contribution in [3.63, 3.8) is 0 Å². The van der Waals surface area contributed by atoms with Gasteiger partial charge in [-0.15, -0.1) is 0 Å². The zero-order valence-corrected chi connectivity index (χ0v) is 15.5. The number of nitrogens with one attached hydrogen (secondary N) is 2. The van der Waals surface area contributed by atoms with Crippen LogP contribution in [0.2, 0.25) is 5.02 Å². The van der Waals surface area contributed by atoms with Crippen molar-refractivity contribution >= 4 is 29.1 Å². The molecule has 0 fully saturated rings. The van der Waals surface area contributed by atoms with Gasteiger partial charge in [0, 0.05) is 29.0 Å². The van der Waals surface area contributed by atoms with E-state index in [9.17, 15) is 14.0 Å². The van der Waals surface area contributed by atoms with Crippen molar-refractivity contribution in [3.8, 4) is 0 Å². The topological polar surface area (TPSA) is 71.1 Å². The summed E-state index contributed by atoms with van der Waals surface area (Å²) in [5.74, 6) is -1.18. The quantitative estimate of drug-likeness (QED) is 0.657. The monoisotopic (exact) mass is 397 g/mol. The maximum atomic E-state index is 12.9. The number of pyridine rings is 1. The predicted octanol–water partition coefficient (Wildman–Crippen LogP) is 4.10. The largest absolute Gasteiger partial charge is 0.350 e. The number of amides is 2. The first-order valence-electron chi connectivity index (χ1n) is 8.57. The van der Waals surface area contributed by atoms with Gasteiger partial charge in [-0.1, -0.05) is 23.7 Å². The summed E-state index contributed by atoms with van der Waals surface area (Å²) >= 11 is 5.94. The van der Waals surface area contributed by atoms with Crippen molar-refractivity contribution in [3.05, 3.63) is 94.5 Å². The fraction of sp³-hybridized carbons (Fsp3) is 0.0952. The molecule has 1 aromatic heterocycles. The molecule has 7 heteroatoms. The second-order valence-corrected chi connectivity index (χ2v) is 6.46. The lowest BCUT2D eigenvalue weighted by atomic mass is 10.1. The van der Waals surface area contributed by atoms with Crippen LogP contribution in [0.3, 0.4) is 0 Å². The Kier molecular flexibility index (Phi) is 6.34. The third-order valence-electron chi connectivity index (χ3n) is 3.95. The highest BCUT2D eigenvalue weighted by Crippen LogP contribution is 2.12. The molecule has 0 aliphatic heterocycles. The minimum absolute atomic E-state index is 0.137. The first kappa shape index (κ1) is 19.5. The predicted molar refractivity (Wildman–Crippen MR) is 106 cm³/mol. The SMILES string of the molecule is O=C(Nc1ccc(F)cc1)c1ccnc(C(=O)NCCc2cccc(Cl)c2)c1. The molecule has 2 amide bonds. The number of halogens is 2. The lowest BCUT2D eigenvalue weighted by Crippen LogP contribution is -2.27. The van der Waals surface area contributed by atoms with Crippen molar-refractivity contribution < 1.29 is 14.0 Å². The number of carbonyl (C=O) groups is 2. The van der Waals surface area contributed by atoms with Crippen LogP contribution in [0.5, 0.6) is 0 Å². The molecule has 1 heterocycles. The molecule has 0 radical (unpaired) electrons. The van der Waals surface area contributed by atoms with Crippen LogP contribution in [0.25, 0.3) is 0 Å². The number of carbonyl (C=O) groups excluding carboxylic acids is 2. The zero-order chi connectivity index (χ0) is 19.9. The van der Waals surface area contributed by atoms with E-state index in [-0.39, 0.29) is 17.2 Å². The van der Waals surface area contributed by atoms with Crippen LogP contribution in [0, 0.1) is 5.82 Å². The van der Waals surface area contributed by atoms with Crippen molar-refractivity contribution in [2.45, 2.75) is 6.42 Å². The molecule has 2 aromatic carbocycles. The Morgan fingerprint density at radius 1 is 1.00 bits per heavy atom. The molecule has 28 heavy (non-hydrogen) atoms. The van der Waals surface area contributed by atoms with Crippen LogP contribution in [0.1, 0.15) is 26.4 Å². The van der Waals surface area contributed by atoms with Crippen LogP contribution in [-0.4, -0.2) is 23.3 Å². The van der Waals surface area contributed by atoms with E-state index in [0.717, 1.165) is 5.56 Å². The summed E-state index contributed by atoms with van der Waals surface area (Å²) in [4.78, 5) is 28.6. The number of anilines is 1. The second kappa shape index (κ2) is 9.10. The normalized spacial score (nSPS) is 10.4. The van der Waals surface area contributed by atoms with Crippen LogP contribution < -0.4 is 10.6 Å². The second-order valence-electron chi connectivity index (χ2n) is 6.03. The Hall–Kier alpha value is -3.25. The van der Waals surface area contributed by atoms with Gasteiger partial charge in [0.25, 0.3) is 11.8 Å². The molecular weight excluding hydrogens is 381 g/mol. The number of hydrogen-bond donors (Lipinski definition) is 2. The molecule has 0 aliphatic carbocycles. The molecule has 0 bridgehead atoms. The Labute approximate surface area is 166 Å². The summed E-state index contributed by atoms with van der Waals surface area (Å²) in [6, 6.07) is 15.7. The van der Waals surface area contributed by atoms with Crippen LogP contribution in [-0.2, 0) is 6.42 Å². The molecule has 142 valence electrons. The van der Waals surface area contributed by atoms with Gasteiger partial charge in [-0.3, -0.25) is 14.6 Å². The van der Waals surface area contributed by atoms with Gasteiger partial charge in [0.05, 0.1) is 0 Å². The number of rotatable bonds is 6. The molecule has 0 unspecified atom stereocenters. The lowest BCUT2D eigenvalue weighted by Gasteiger charge is -2.08. The summed E-state index contributed by atoms with van der Waals surface area (Å²) in [7, 11) is 0. The fourth-order valence-electron chi connectivity index (χ4n) is 2.54. The summed E-state index contributed by atoms with van der Waals surface area (Å²) in [6.07, 6.45) is 2.02. The molecule has 0 saturated heterocycles. The zero-order valence-electron chi connectivity index (χ0n) is 14.8. The number of aromatic nitrogens is 1. The van der Waals surface area contributed by atoms with Gasteiger partial charge in [-0.05, 0) is 60.5 Å². The van der Waals surface area contributed by atoms with Crippen molar-refractivity contribution in [2.24, 2.45) is 0 Å². The van der Waals surface area contributed by atoms with Crippen LogP contribution in [0.4, 0.5) is 10.1 Å². The average Bonchev–Trinajstić information content (AvgIpc) is 2.70. The van der Waals surface area contributed by atoms with Gasteiger partial charge >= 0.3 is 0 Å². The van der Waals surface area contributed by atoms with Gasteiger partial charge in [0.2, 0.25) is 0 Å². The number of nitrogens with zero attached hydrogens (tertiary/aromatic N) is 1. The smallest absolute Gasteiger partial charge is 0.269 e. The van der Waals surface area contributed by atoms with Gasteiger partial charge in [0.15, 0.2) is 0 Å². The first-order chi connectivity index (χ1) is 13.5. The van der Waals surface area contributed by atoms with E-state index in [1.165, 1.54) is 42.6 Å². The van der Waals surface area contributed by atoms with E-state index in [2.05, 4.69) is 15.6 Å². The van der Waals surface area contributed by atoms with E-state index >= 15 is 0 Å². The van der Waals surface area contributed by atoms with Crippen molar-refractivity contribution in [1.29, 1.82) is 0 Å². The van der Waals surface area contributed by atoms with Crippen LogP contribution >= 0.6 is 11.6 Å². The molecule has 0 saturated carbocycles. The van der Waals surface area contributed by atoms with E-state index in [1.54, 1.807) is 6.07 Å². The third kappa shape index (κ3) is 5.37. The van der Waals surface area contributed by atoms with E-state index in [1.807, 2.05) is 18.2 Å². The molecule has 3 aromatic rings. The molecule has 3 rings (SSSR count). The Morgan fingerprint density at radius 3 is 2.54 bits per heavy atom. The summed E-state index contributed by atoms with van der Waals surface area (Å²) in [5, 5.41) is 6.06. The lowest BCUT2D eigenvalue weighted by molar-refractivity contribution is 0.0949. The van der Waals surface area contributed by atoms with Crippen LogP contribution in [0.15, 0.2) is 66.9 Å².